The monoisotopic (exact) mass is 427 g/mol. The smallest absolute Gasteiger partial charge is 0.264 e. The van der Waals surface area contributed by atoms with Crippen LogP contribution in [0.15, 0.2) is 53.4 Å². The molecule has 1 saturated heterocycles. The van der Waals surface area contributed by atoms with E-state index >= 15 is 0 Å². The normalized spacial score (nSPS) is 19.9. The zero-order valence-corrected chi connectivity index (χ0v) is 18.6. The summed E-state index contributed by atoms with van der Waals surface area (Å²) in [6.07, 6.45) is 0.689. The van der Waals surface area contributed by atoms with Gasteiger partial charge in [0.05, 0.1) is 10.6 Å². The van der Waals surface area contributed by atoms with Gasteiger partial charge in [-0.05, 0) is 57.0 Å². The minimum absolute atomic E-state index is 0.106. The first kappa shape index (κ1) is 20.9. The molecule has 2 aliphatic heterocycles. The van der Waals surface area contributed by atoms with Gasteiger partial charge in [0.25, 0.3) is 15.9 Å². The second-order valence-electron chi connectivity index (χ2n) is 8.43. The molecule has 160 valence electrons. The van der Waals surface area contributed by atoms with Gasteiger partial charge in [-0.1, -0.05) is 24.3 Å². The molecule has 2 aromatic rings. The van der Waals surface area contributed by atoms with Gasteiger partial charge < -0.3 is 4.90 Å². The third-order valence-corrected chi connectivity index (χ3v) is 8.04. The van der Waals surface area contributed by atoms with E-state index in [4.69, 9.17) is 0 Å². The van der Waals surface area contributed by atoms with Crippen LogP contribution in [0.5, 0.6) is 0 Å². The van der Waals surface area contributed by atoms with Gasteiger partial charge in [-0.2, -0.15) is 0 Å². The number of amides is 1. The third kappa shape index (κ3) is 3.72. The van der Waals surface area contributed by atoms with Crippen molar-refractivity contribution >= 4 is 21.6 Å². The molecule has 0 spiro atoms. The Morgan fingerprint density at radius 2 is 1.70 bits per heavy atom. The topological polar surface area (TPSA) is 60.9 Å². The van der Waals surface area contributed by atoms with Gasteiger partial charge in [0, 0.05) is 43.8 Å². The zero-order chi connectivity index (χ0) is 21.5. The number of fused-ring (bicyclic) bond motifs is 1. The van der Waals surface area contributed by atoms with Crippen LogP contribution in [-0.2, 0) is 16.4 Å². The molecule has 2 aromatic carbocycles. The number of rotatable bonds is 4. The highest BCUT2D eigenvalue weighted by atomic mass is 32.2. The Hall–Kier alpha value is -2.38. The van der Waals surface area contributed by atoms with Crippen molar-refractivity contribution < 1.29 is 13.2 Å². The van der Waals surface area contributed by atoms with Crippen LogP contribution in [0.3, 0.4) is 0 Å². The molecule has 0 aromatic heterocycles. The summed E-state index contributed by atoms with van der Waals surface area (Å²) < 4.78 is 28.4. The summed E-state index contributed by atoms with van der Waals surface area (Å²) in [6.45, 7) is 9.22. The van der Waals surface area contributed by atoms with Gasteiger partial charge in [0.15, 0.2) is 0 Å². The Kier molecular flexibility index (Phi) is 5.59. The summed E-state index contributed by atoms with van der Waals surface area (Å²) in [7, 11) is -3.75. The first-order valence-electron chi connectivity index (χ1n) is 10.5. The molecule has 1 fully saturated rings. The van der Waals surface area contributed by atoms with Crippen molar-refractivity contribution in [2.45, 2.75) is 44.2 Å². The van der Waals surface area contributed by atoms with Crippen molar-refractivity contribution in [2.24, 2.45) is 0 Å². The van der Waals surface area contributed by atoms with E-state index in [1.54, 1.807) is 18.2 Å². The van der Waals surface area contributed by atoms with Crippen LogP contribution in [0, 0.1) is 0 Å². The second kappa shape index (κ2) is 8.04. The highest BCUT2D eigenvalue weighted by molar-refractivity contribution is 7.92. The fraction of sp³-hybridized carbons (Fsp3) is 0.435. The standard InChI is InChI=1S/C23H29N3O3S/c1-17(2)24-11-13-25(14-12-24)23(27)20-8-6-9-21(16-20)30(28,29)26-18(3)15-19-7-4-5-10-22(19)26/h4-10,16-18H,11-15H2,1-3H3. The number of carbonyl (C=O) groups is 1. The second-order valence-corrected chi connectivity index (χ2v) is 10.2. The summed E-state index contributed by atoms with van der Waals surface area (Å²) in [5.74, 6) is -0.106. The number of sulfonamides is 1. The lowest BCUT2D eigenvalue weighted by atomic mass is 10.1. The Bertz CT molecular complexity index is 1040. The van der Waals surface area contributed by atoms with E-state index in [-0.39, 0.29) is 16.8 Å². The largest absolute Gasteiger partial charge is 0.336 e. The van der Waals surface area contributed by atoms with E-state index in [0.29, 0.717) is 31.1 Å². The third-order valence-electron chi connectivity index (χ3n) is 6.11. The van der Waals surface area contributed by atoms with Crippen LogP contribution in [-0.4, -0.2) is 62.4 Å². The number of nitrogens with zero attached hydrogens (tertiary/aromatic N) is 3. The molecule has 0 N–H and O–H groups in total. The Balaban J connectivity index is 1.58. The summed E-state index contributed by atoms with van der Waals surface area (Å²) in [4.78, 5) is 17.4. The maximum atomic E-state index is 13.5. The van der Waals surface area contributed by atoms with Crippen LogP contribution in [0.4, 0.5) is 5.69 Å². The molecule has 7 heteroatoms. The molecule has 6 nitrogen and oxygen atoms in total. The number of benzene rings is 2. The first-order chi connectivity index (χ1) is 14.3. The van der Waals surface area contributed by atoms with Crippen molar-refractivity contribution in [1.29, 1.82) is 0 Å². The maximum Gasteiger partial charge on any atom is 0.264 e. The highest BCUT2D eigenvalue weighted by Gasteiger charge is 2.36. The molecule has 0 saturated carbocycles. The molecule has 4 rings (SSSR count). The Morgan fingerprint density at radius 1 is 1.00 bits per heavy atom. The van der Waals surface area contributed by atoms with Crippen LogP contribution >= 0.6 is 0 Å². The molecule has 1 atom stereocenters. The fourth-order valence-electron chi connectivity index (χ4n) is 4.43. The molecule has 1 unspecified atom stereocenters. The lowest BCUT2D eigenvalue weighted by Crippen LogP contribution is -2.50. The van der Waals surface area contributed by atoms with Gasteiger partial charge in [-0.3, -0.25) is 14.0 Å². The van der Waals surface area contributed by atoms with E-state index in [1.807, 2.05) is 36.1 Å². The minimum atomic E-state index is -3.75. The summed E-state index contributed by atoms with van der Waals surface area (Å²) in [5.41, 5.74) is 2.18. The van der Waals surface area contributed by atoms with Gasteiger partial charge in [0.1, 0.15) is 0 Å². The average molecular weight is 428 g/mol. The molecular formula is C23H29N3O3S. The van der Waals surface area contributed by atoms with Crippen LogP contribution < -0.4 is 4.31 Å². The first-order valence-corrected chi connectivity index (χ1v) is 12.0. The van der Waals surface area contributed by atoms with Gasteiger partial charge in [-0.25, -0.2) is 8.42 Å². The maximum absolute atomic E-state index is 13.5. The molecule has 0 radical (unpaired) electrons. The fourth-order valence-corrected chi connectivity index (χ4v) is 6.17. The van der Waals surface area contributed by atoms with Crippen molar-refractivity contribution in [3.63, 3.8) is 0 Å². The summed E-state index contributed by atoms with van der Waals surface area (Å²) in [6, 6.07) is 14.4. The lowest BCUT2D eigenvalue weighted by molar-refractivity contribution is 0.0595. The van der Waals surface area contributed by atoms with Crippen LogP contribution in [0.1, 0.15) is 36.7 Å². The Morgan fingerprint density at radius 3 is 2.40 bits per heavy atom. The quantitative estimate of drug-likeness (QED) is 0.753. The van der Waals surface area contributed by atoms with Crippen molar-refractivity contribution in [3.05, 3.63) is 59.7 Å². The van der Waals surface area contributed by atoms with E-state index in [1.165, 1.54) is 10.4 Å². The Labute approximate surface area is 179 Å². The molecule has 2 heterocycles. The number of carbonyl (C=O) groups excluding carboxylic acids is 1. The van der Waals surface area contributed by atoms with Gasteiger partial charge in [0.2, 0.25) is 0 Å². The van der Waals surface area contributed by atoms with Crippen molar-refractivity contribution in [3.8, 4) is 0 Å². The van der Waals surface area contributed by atoms with Crippen LogP contribution in [0.2, 0.25) is 0 Å². The number of anilines is 1. The molecular weight excluding hydrogens is 398 g/mol. The molecule has 30 heavy (non-hydrogen) atoms. The van der Waals surface area contributed by atoms with E-state index in [2.05, 4.69) is 18.7 Å². The van der Waals surface area contributed by atoms with Crippen molar-refractivity contribution in [2.75, 3.05) is 30.5 Å². The number of hydrogen-bond donors (Lipinski definition) is 0. The summed E-state index contributed by atoms with van der Waals surface area (Å²) in [5, 5.41) is 0. The molecule has 2 aliphatic rings. The minimum Gasteiger partial charge on any atom is -0.336 e. The van der Waals surface area contributed by atoms with Crippen LogP contribution in [0.25, 0.3) is 0 Å². The number of hydrogen-bond acceptors (Lipinski definition) is 4. The number of para-hydroxylation sites is 1. The van der Waals surface area contributed by atoms with Gasteiger partial charge in [-0.15, -0.1) is 0 Å². The lowest BCUT2D eigenvalue weighted by Gasteiger charge is -2.37. The average Bonchev–Trinajstić information content (AvgIpc) is 3.09. The van der Waals surface area contributed by atoms with E-state index in [9.17, 15) is 13.2 Å². The summed E-state index contributed by atoms with van der Waals surface area (Å²) >= 11 is 0. The van der Waals surface area contributed by atoms with Gasteiger partial charge >= 0.3 is 0 Å². The van der Waals surface area contributed by atoms with Crippen molar-refractivity contribution in [1.82, 2.24) is 9.80 Å². The number of piperazine rings is 1. The molecule has 0 bridgehead atoms. The molecule has 0 aliphatic carbocycles. The molecule has 1 amide bonds. The van der Waals surface area contributed by atoms with E-state index < -0.39 is 10.0 Å². The van der Waals surface area contributed by atoms with E-state index in [0.717, 1.165) is 24.3 Å². The SMILES string of the molecule is CC(C)N1CCN(C(=O)c2cccc(S(=O)(=O)N3c4ccccc4CC3C)c2)CC1. The highest BCUT2D eigenvalue weighted by Crippen LogP contribution is 2.36. The predicted octanol–water partition coefficient (Wildman–Crippen LogP) is 2.99. The zero-order valence-electron chi connectivity index (χ0n) is 17.8. The predicted molar refractivity (Wildman–Crippen MR) is 118 cm³/mol.